The van der Waals surface area contributed by atoms with E-state index < -0.39 is 0 Å². The fraction of sp³-hybridized carbons (Fsp3) is 0.778. The molecule has 2 rings (SSSR count). The average Bonchev–Trinajstić information content (AvgIpc) is 2.36. The molecule has 0 aromatic carbocycles. The van der Waals surface area contributed by atoms with E-state index >= 15 is 0 Å². The smallest absolute Gasteiger partial charge is 0.150 e. The van der Waals surface area contributed by atoms with Gasteiger partial charge in [-0.25, -0.2) is 0 Å². The standard InChI is InChI=1S/C9H14ClN3/c1-7(10)9-12-11-8-5-3-2-4-6-13(8)9/h7H,2-6H2,1H3. The van der Waals surface area contributed by atoms with E-state index in [-0.39, 0.29) is 5.38 Å². The number of rotatable bonds is 1. The van der Waals surface area contributed by atoms with E-state index in [0.29, 0.717) is 0 Å². The predicted molar refractivity (Wildman–Crippen MR) is 51.8 cm³/mol. The van der Waals surface area contributed by atoms with Crippen molar-refractivity contribution in [2.45, 2.75) is 44.5 Å². The predicted octanol–water partition coefficient (Wildman–Crippen LogP) is 2.30. The Balaban J connectivity index is 2.34. The maximum Gasteiger partial charge on any atom is 0.150 e. The fourth-order valence-corrected chi connectivity index (χ4v) is 1.96. The third-order valence-electron chi connectivity index (χ3n) is 2.49. The van der Waals surface area contributed by atoms with Crippen molar-refractivity contribution in [3.8, 4) is 0 Å². The second kappa shape index (κ2) is 3.66. The van der Waals surface area contributed by atoms with Crippen molar-refractivity contribution >= 4 is 11.6 Å². The molecule has 13 heavy (non-hydrogen) atoms. The molecule has 4 heteroatoms. The highest BCUT2D eigenvalue weighted by Gasteiger charge is 2.17. The van der Waals surface area contributed by atoms with E-state index in [1.807, 2.05) is 6.92 Å². The summed E-state index contributed by atoms with van der Waals surface area (Å²) in [5.41, 5.74) is 0. The van der Waals surface area contributed by atoms with Gasteiger partial charge in [-0.1, -0.05) is 6.42 Å². The first-order valence-electron chi connectivity index (χ1n) is 4.85. The van der Waals surface area contributed by atoms with Gasteiger partial charge >= 0.3 is 0 Å². The maximum absolute atomic E-state index is 6.01. The molecule has 1 atom stereocenters. The highest BCUT2D eigenvalue weighted by Crippen LogP contribution is 2.21. The number of nitrogens with zero attached hydrogens (tertiary/aromatic N) is 3. The Morgan fingerprint density at radius 3 is 2.92 bits per heavy atom. The minimum absolute atomic E-state index is 0.0284. The van der Waals surface area contributed by atoms with Crippen LogP contribution in [0.4, 0.5) is 0 Å². The molecule has 1 aromatic rings. The summed E-state index contributed by atoms with van der Waals surface area (Å²) in [5, 5.41) is 8.26. The van der Waals surface area contributed by atoms with Crippen LogP contribution >= 0.6 is 11.6 Å². The molecular weight excluding hydrogens is 186 g/mol. The Morgan fingerprint density at radius 1 is 1.31 bits per heavy atom. The summed E-state index contributed by atoms with van der Waals surface area (Å²) in [5.74, 6) is 2.04. The average molecular weight is 200 g/mol. The van der Waals surface area contributed by atoms with Gasteiger partial charge in [0, 0.05) is 13.0 Å². The molecule has 0 amide bonds. The summed E-state index contributed by atoms with van der Waals surface area (Å²) < 4.78 is 2.19. The van der Waals surface area contributed by atoms with Crippen molar-refractivity contribution < 1.29 is 0 Å². The van der Waals surface area contributed by atoms with E-state index in [2.05, 4.69) is 14.8 Å². The lowest BCUT2D eigenvalue weighted by Gasteiger charge is -2.07. The molecule has 1 aromatic heterocycles. The van der Waals surface area contributed by atoms with Gasteiger partial charge in [0.1, 0.15) is 5.82 Å². The summed E-state index contributed by atoms with van der Waals surface area (Å²) in [7, 11) is 0. The number of hydrogen-bond donors (Lipinski definition) is 0. The van der Waals surface area contributed by atoms with Crippen molar-refractivity contribution in [1.29, 1.82) is 0 Å². The van der Waals surface area contributed by atoms with E-state index in [0.717, 1.165) is 24.6 Å². The summed E-state index contributed by atoms with van der Waals surface area (Å²) in [6, 6.07) is 0. The molecule has 0 spiro atoms. The van der Waals surface area contributed by atoms with Crippen LogP contribution in [-0.4, -0.2) is 14.8 Å². The molecule has 0 aliphatic carbocycles. The second-order valence-electron chi connectivity index (χ2n) is 3.55. The minimum atomic E-state index is -0.0284. The second-order valence-corrected chi connectivity index (χ2v) is 4.21. The number of aromatic nitrogens is 3. The number of fused-ring (bicyclic) bond motifs is 1. The van der Waals surface area contributed by atoms with Gasteiger partial charge in [-0.15, -0.1) is 21.8 Å². The largest absolute Gasteiger partial charge is 0.314 e. The SMILES string of the molecule is CC(Cl)c1nnc2n1CCCCC2. The zero-order valence-electron chi connectivity index (χ0n) is 7.83. The van der Waals surface area contributed by atoms with Gasteiger partial charge in [0.25, 0.3) is 0 Å². The highest BCUT2D eigenvalue weighted by atomic mass is 35.5. The molecule has 3 nitrogen and oxygen atoms in total. The fourth-order valence-electron chi connectivity index (χ4n) is 1.80. The van der Waals surface area contributed by atoms with E-state index in [1.165, 1.54) is 19.3 Å². The quantitative estimate of drug-likeness (QED) is 0.650. The number of halogens is 1. The lowest BCUT2D eigenvalue weighted by atomic mass is 10.2. The molecule has 0 saturated carbocycles. The Hall–Kier alpha value is -0.570. The van der Waals surface area contributed by atoms with Gasteiger partial charge in [0.05, 0.1) is 5.38 Å². The molecule has 1 aliphatic rings. The van der Waals surface area contributed by atoms with Crippen LogP contribution in [0.1, 0.15) is 43.2 Å². The first kappa shape index (κ1) is 9.00. The zero-order chi connectivity index (χ0) is 9.26. The molecule has 2 heterocycles. The third-order valence-corrected chi connectivity index (χ3v) is 2.69. The number of hydrogen-bond acceptors (Lipinski definition) is 2. The van der Waals surface area contributed by atoms with Crippen LogP contribution in [0.2, 0.25) is 0 Å². The highest BCUT2D eigenvalue weighted by molar-refractivity contribution is 6.20. The molecule has 1 aliphatic heterocycles. The Kier molecular flexibility index (Phi) is 2.54. The van der Waals surface area contributed by atoms with Crippen molar-refractivity contribution in [2.75, 3.05) is 0 Å². The Bertz CT molecular complexity index is 293. The van der Waals surface area contributed by atoms with Crippen LogP contribution in [0.5, 0.6) is 0 Å². The van der Waals surface area contributed by atoms with Gasteiger partial charge in [0.15, 0.2) is 5.82 Å². The zero-order valence-corrected chi connectivity index (χ0v) is 8.59. The molecule has 0 fully saturated rings. The van der Waals surface area contributed by atoms with Crippen LogP contribution in [0, 0.1) is 0 Å². The van der Waals surface area contributed by atoms with Crippen LogP contribution in [0.3, 0.4) is 0 Å². The molecule has 0 radical (unpaired) electrons. The van der Waals surface area contributed by atoms with E-state index in [9.17, 15) is 0 Å². The van der Waals surface area contributed by atoms with E-state index in [4.69, 9.17) is 11.6 Å². The van der Waals surface area contributed by atoms with Crippen molar-refractivity contribution in [3.63, 3.8) is 0 Å². The topological polar surface area (TPSA) is 30.7 Å². The first-order chi connectivity index (χ1) is 6.29. The third kappa shape index (κ3) is 1.70. The van der Waals surface area contributed by atoms with Crippen molar-refractivity contribution in [1.82, 2.24) is 14.8 Å². The van der Waals surface area contributed by atoms with Crippen molar-refractivity contribution in [3.05, 3.63) is 11.6 Å². The lowest BCUT2D eigenvalue weighted by Crippen LogP contribution is -2.06. The van der Waals surface area contributed by atoms with Crippen LogP contribution in [-0.2, 0) is 13.0 Å². The Morgan fingerprint density at radius 2 is 2.15 bits per heavy atom. The van der Waals surface area contributed by atoms with Crippen LogP contribution in [0.25, 0.3) is 0 Å². The summed E-state index contributed by atoms with van der Waals surface area (Å²) in [6.07, 6.45) is 4.80. The molecule has 0 saturated heterocycles. The van der Waals surface area contributed by atoms with Gasteiger partial charge in [-0.3, -0.25) is 0 Å². The summed E-state index contributed by atoms with van der Waals surface area (Å²) in [4.78, 5) is 0. The van der Waals surface area contributed by atoms with Gasteiger partial charge < -0.3 is 4.57 Å². The molecule has 72 valence electrons. The lowest BCUT2D eigenvalue weighted by molar-refractivity contribution is 0.605. The number of alkyl halides is 1. The number of aryl methyl sites for hydroxylation is 1. The summed E-state index contributed by atoms with van der Waals surface area (Å²) in [6.45, 7) is 2.98. The minimum Gasteiger partial charge on any atom is -0.314 e. The molecule has 0 N–H and O–H groups in total. The van der Waals surface area contributed by atoms with E-state index in [1.54, 1.807) is 0 Å². The summed E-state index contributed by atoms with van der Waals surface area (Å²) >= 11 is 6.01. The van der Waals surface area contributed by atoms with Crippen molar-refractivity contribution in [2.24, 2.45) is 0 Å². The van der Waals surface area contributed by atoms with Crippen LogP contribution in [0.15, 0.2) is 0 Å². The monoisotopic (exact) mass is 199 g/mol. The normalized spacial score (nSPS) is 19.2. The van der Waals surface area contributed by atoms with Gasteiger partial charge in [-0.05, 0) is 19.8 Å². The first-order valence-corrected chi connectivity index (χ1v) is 5.28. The maximum atomic E-state index is 6.01. The van der Waals surface area contributed by atoms with Gasteiger partial charge in [0.2, 0.25) is 0 Å². The molecule has 1 unspecified atom stereocenters. The Labute approximate surface area is 83.1 Å². The molecule has 0 bridgehead atoms. The molecular formula is C9H14ClN3. The van der Waals surface area contributed by atoms with Gasteiger partial charge in [-0.2, -0.15) is 0 Å². The van der Waals surface area contributed by atoms with Crippen LogP contribution < -0.4 is 0 Å².